The SMILES string of the molecule is C=CCNS(=O)(=O)c1cc(C)c2c(c1)C(C)(C)C(=O)N2CC. The molecule has 0 radical (unpaired) electrons. The summed E-state index contributed by atoms with van der Waals surface area (Å²) < 4.78 is 27.1. The maximum absolute atomic E-state index is 12.5. The molecular weight excluding hydrogens is 300 g/mol. The average Bonchev–Trinajstić information content (AvgIpc) is 2.65. The maximum atomic E-state index is 12.5. The number of likely N-dealkylation sites (N-methyl/N-ethyl adjacent to an activating group) is 1. The monoisotopic (exact) mass is 322 g/mol. The first-order valence-electron chi connectivity index (χ1n) is 7.24. The van der Waals surface area contributed by atoms with Crippen LogP contribution < -0.4 is 9.62 Å². The molecule has 1 aromatic rings. The highest BCUT2D eigenvalue weighted by molar-refractivity contribution is 7.89. The van der Waals surface area contributed by atoms with Crippen molar-refractivity contribution in [3.8, 4) is 0 Å². The van der Waals surface area contributed by atoms with Crippen LogP contribution in [0.4, 0.5) is 5.69 Å². The lowest BCUT2D eigenvalue weighted by molar-refractivity contribution is -0.122. The normalized spacial score (nSPS) is 16.7. The fourth-order valence-corrected chi connectivity index (χ4v) is 3.95. The Morgan fingerprint density at radius 3 is 2.55 bits per heavy atom. The minimum atomic E-state index is -3.61. The van der Waals surface area contributed by atoms with Crippen molar-refractivity contribution in [2.45, 2.75) is 38.0 Å². The molecule has 0 unspecified atom stereocenters. The Balaban J connectivity index is 2.64. The largest absolute Gasteiger partial charge is 0.311 e. The molecule has 120 valence electrons. The van der Waals surface area contributed by atoms with E-state index >= 15 is 0 Å². The van der Waals surface area contributed by atoms with Crippen molar-refractivity contribution in [2.24, 2.45) is 0 Å². The number of nitrogens with one attached hydrogen (secondary N) is 1. The number of hydrogen-bond donors (Lipinski definition) is 1. The second kappa shape index (κ2) is 5.52. The first kappa shape index (κ1) is 16.7. The summed E-state index contributed by atoms with van der Waals surface area (Å²) in [7, 11) is -3.61. The van der Waals surface area contributed by atoms with E-state index in [2.05, 4.69) is 11.3 Å². The molecule has 0 aromatic heterocycles. The molecule has 0 saturated carbocycles. The fraction of sp³-hybridized carbons (Fsp3) is 0.438. The zero-order valence-electron chi connectivity index (χ0n) is 13.4. The Labute approximate surface area is 132 Å². The van der Waals surface area contributed by atoms with Crippen molar-refractivity contribution < 1.29 is 13.2 Å². The van der Waals surface area contributed by atoms with Crippen LogP contribution in [0.1, 0.15) is 31.9 Å². The van der Waals surface area contributed by atoms with Gasteiger partial charge in [0.25, 0.3) is 0 Å². The van der Waals surface area contributed by atoms with Crippen molar-refractivity contribution in [3.05, 3.63) is 35.9 Å². The topological polar surface area (TPSA) is 66.5 Å². The fourth-order valence-electron chi connectivity index (χ4n) is 2.84. The van der Waals surface area contributed by atoms with Crippen molar-refractivity contribution in [1.82, 2.24) is 4.72 Å². The molecule has 6 heteroatoms. The highest BCUT2D eigenvalue weighted by Gasteiger charge is 2.44. The van der Waals surface area contributed by atoms with E-state index in [0.717, 1.165) is 16.8 Å². The van der Waals surface area contributed by atoms with E-state index < -0.39 is 15.4 Å². The minimum absolute atomic E-state index is 0.00157. The molecule has 1 aliphatic rings. The molecule has 0 fully saturated rings. The van der Waals surface area contributed by atoms with Gasteiger partial charge in [0.2, 0.25) is 15.9 Å². The Morgan fingerprint density at radius 1 is 1.36 bits per heavy atom. The second-order valence-corrected chi connectivity index (χ2v) is 7.72. The van der Waals surface area contributed by atoms with Gasteiger partial charge in [-0.05, 0) is 51.0 Å². The van der Waals surface area contributed by atoms with Gasteiger partial charge in [-0.15, -0.1) is 6.58 Å². The second-order valence-electron chi connectivity index (χ2n) is 5.95. The molecule has 1 amide bonds. The lowest BCUT2D eigenvalue weighted by Gasteiger charge is -2.18. The number of amides is 1. The summed E-state index contributed by atoms with van der Waals surface area (Å²) in [6, 6.07) is 3.23. The van der Waals surface area contributed by atoms with Gasteiger partial charge in [0.15, 0.2) is 0 Å². The van der Waals surface area contributed by atoms with Crippen LogP contribution >= 0.6 is 0 Å². The van der Waals surface area contributed by atoms with Crippen LogP contribution in [0.15, 0.2) is 29.7 Å². The van der Waals surface area contributed by atoms with E-state index in [1.165, 1.54) is 6.08 Å². The molecule has 5 nitrogen and oxygen atoms in total. The van der Waals surface area contributed by atoms with Crippen LogP contribution in [0.2, 0.25) is 0 Å². The standard InChI is InChI=1S/C16H22N2O3S/c1-6-8-17-22(20,21)12-9-11(3)14-13(10-12)16(4,5)15(19)18(14)7-2/h6,9-10,17H,1,7-8H2,2-5H3. The van der Waals surface area contributed by atoms with Crippen molar-refractivity contribution in [3.63, 3.8) is 0 Å². The van der Waals surface area contributed by atoms with E-state index in [4.69, 9.17) is 0 Å². The van der Waals surface area contributed by atoms with Crippen molar-refractivity contribution >= 4 is 21.6 Å². The number of sulfonamides is 1. The number of nitrogens with zero attached hydrogens (tertiary/aromatic N) is 1. The van der Waals surface area contributed by atoms with Crippen LogP contribution in [0.3, 0.4) is 0 Å². The Kier molecular flexibility index (Phi) is 4.19. The van der Waals surface area contributed by atoms with Gasteiger partial charge in [0.05, 0.1) is 16.0 Å². The van der Waals surface area contributed by atoms with Crippen LogP contribution in [-0.4, -0.2) is 27.4 Å². The third kappa shape index (κ3) is 2.46. The summed E-state index contributed by atoms with van der Waals surface area (Å²) in [6.07, 6.45) is 1.49. The van der Waals surface area contributed by atoms with Crippen LogP contribution in [0, 0.1) is 6.92 Å². The summed E-state index contributed by atoms with van der Waals surface area (Å²) in [4.78, 5) is 14.5. The summed E-state index contributed by atoms with van der Waals surface area (Å²) in [5.41, 5.74) is 1.66. The number of carbonyl (C=O) groups excluding carboxylic acids is 1. The van der Waals surface area contributed by atoms with Gasteiger partial charge in [-0.25, -0.2) is 13.1 Å². The van der Waals surface area contributed by atoms with Crippen molar-refractivity contribution in [1.29, 1.82) is 0 Å². The first-order chi connectivity index (χ1) is 10.2. The number of rotatable bonds is 5. The molecule has 0 saturated heterocycles. The molecule has 22 heavy (non-hydrogen) atoms. The molecule has 0 atom stereocenters. The van der Waals surface area contributed by atoms with Crippen LogP contribution in [-0.2, 0) is 20.2 Å². The van der Waals surface area contributed by atoms with E-state index in [0.29, 0.717) is 6.54 Å². The predicted octanol–water partition coefficient (Wildman–Crippen LogP) is 2.10. The highest BCUT2D eigenvalue weighted by atomic mass is 32.2. The smallest absolute Gasteiger partial charge is 0.240 e. The Bertz CT molecular complexity index is 736. The predicted molar refractivity (Wildman–Crippen MR) is 87.6 cm³/mol. The lowest BCUT2D eigenvalue weighted by atomic mass is 9.85. The summed E-state index contributed by atoms with van der Waals surface area (Å²) in [5, 5.41) is 0. The van der Waals surface area contributed by atoms with Crippen LogP contribution in [0.5, 0.6) is 0 Å². The minimum Gasteiger partial charge on any atom is -0.311 e. The number of aryl methyl sites for hydroxylation is 1. The number of anilines is 1. The molecule has 1 aromatic carbocycles. The van der Waals surface area contributed by atoms with Gasteiger partial charge in [-0.2, -0.15) is 0 Å². The van der Waals surface area contributed by atoms with E-state index in [1.807, 2.05) is 27.7 Å². The van der Waals surface area contributed by atoms with Gasteiger partial charge in [-0.3, -0.25) is 4.79 Å². The quantitative estimate of drug-likeness (QED) is 0.844. The first-order valence-corrected chi connectivity index (χ1v) is 8.72. The summed E-state index contributed by atoms with van der Waals surface area (Å²) in [5.74, 6) is 0.00157. The molecule has 0 aliphatic carbocycles. The van der Waals surface area contributed by atoms with E-state index in [1.54, 1.807) is 17.0 Å². The number of carbonyl (C=O) groups is 1. The highest BCUT2D eigenvalue weighted by Crippen LogP contribution is 2.44. The summed E-state index contributed by atoms with van der Waals surface area (Å²) in [6.45, 7) is 11.7. The molecule has 1 N–H and O–H groups in total. The number of fused-ring (bicyclic) bond motifs is 1. The third-order valence-electron chi connectivity index (χ3n) is 4.04. The number of benzene rings is 1. The Morgan fingerprint density at radius 2 is 2.00 bits per heavy atom. The zero-order valence-corrected chi connectivity index (χ0v) is 14.3. The molecule has 1 aliphatic heterocycles. The number of hydrogen-bond acceptors (Lipinski definition) is 3. The Hall–Kier alpha value is -1.66. The van der Waals surface area contributed by atoms with Gasteiger partial charge in [-0.1, -0.05) is 6.08 Å². The van der Waals surface area contributed by atoms with Gasteiger partial charge in [0.1, 0.15) is 0 Å². The van der Waals surface area contributed by atoms with E-state index in [-0.39, 0.29) is 17.3 Å². The molecule has 0 bridgehead atoms. The van der Waals surface area contributed by atoms with Gasteiger partial charge in [0, 0.05) is 13.1 Å². The molecule has 2 rings (SSSR count). The van der Waals surface area contributed by atoms with Crippen molar-refractivity contribution in [2.75, 3.05) is 18.0 Å². The molecular formula is C16H22N2O3S. The molecule has 0 spiro atoms. The molecule has 1 heterocycles. The van der Waals surface area contributed by atoms with Crippen LogP contribution in [0.25, 0.3) is 0 Å². The lowest BCUT2D eigenvalue weighted by Crippen LogP contribution is -2.36. The van der Waals surface area contributed by atoms with E-state index in [9.17, 15) is 13.2 Å². The average molecular weight is 322 g/mol. The van der Waals surface area contributed by atoms with Gasteiger partial charge >= 0.3 is 0 Å². The zero-order chi connectivity index (χ0) is 16.7. The third-order valence-corrected chi connectivity index (χ3v) is 5.44. The van der Waals surface area contributed by atoms with Gasteiger partial charge < -0.3 is 4.90 Å². The maximum Gasteiger partial charge on any atom is 0.240 e. The summed E-state index contributed by atoms with van der Waals surface area (Å²) >= 11 is 0.